The van der Waals surface area contributed by atoms with Gasteiger partial charge in [-0.15, -0.1) is 0 Å². The maximum atomic E-state index is 5.92. The third-order valence-corrected chi connectivity index (χ3v) is 4.07. The molecule has 1 aliphatic rings. The highest BCUT2D eigenvalue weighted by Gasteiger charge is 2.17. The van der Waals surface area contributed by atoms with Crippen molar-refractivity contribution in [2.45, 2.75) is 19.3 Å². The molecule has 2 aromatic rings. The Kier molecular flexibility index (Phi) is 5.45. The van der Waals surface area contributed by atoms with E-state index in [9.17, 15) is 0 Å². The Bertz CT molecular complexity index is 727. The number of hydrogen-bond acceptors (Lipinski definition) is 2. The van der Waals surface area contributed by atoms with Crippen molar-refractivity contribution in [1.82, 2.24) is 0 Å². The summed E-state index contributed by atoms with van der Waals surface area (Å²) in [6.45, 7) is 0.650. The Hall–Kier alpha value is -2.11. The van der Waals surface area contributed by atoms with Crippen molar-refractivity contribution < 1.29 is 4.74 Å². The standard InChI is InChI=1S/C21H20OS/c23-16-15-22-21(19-7-4-8-19)20-13-11-18(12-14-20)10-9-17-5-2-1-3-6-17/h1-3,5-6,11-14,23H,4,7-8,15-16H2. The van der Waals surface area contributed by atoms with E-state index in [1.54, 1.807) is 0 Å². The average Bonchev–Trinajstić information content (AvgIpc) is 2.56. The van der Waals surface area contributed by atoms with Crippen molar-refractivity contribution in [3.8, 4) is 11.8 Å². The SMILES string of the molecule is SCCOC(=C1CCC1)c1ccc(C#Cc2ccccc2)cc1. The Balaban J connectivity index is 1.77. The first-order valence-corrected chi connectivity index (χ1v) is 8.63. The van der Waals surface area contributed by atoms with Gasteiger partial charge in [-0.1, -0.05) is 42.2 Å². The van der Waals surface area contributed by atoms with Gasteiger partial charge in [-0.05, 0) is 49.1 Å². The monoisotopic (exact) mass is 320 g/mol. The van der Waals surface area contributed by atoms with Crippen LogP contribution in [-0.4, -0.2) is 12.4 Å². The summed E-state index contributed by atoms with van der Waals surface area (Å²) in [5.74, 6) is 8.18. The molecule has 1 aliphatic carbocycles. The fourth-order valence-electron chi connectivity index (χ4n) is 2.49. The maximum absolute atomic E-state index is 5.92. The van der Waals surface area contributed by atoms with Crippen molar-refractivity contribution >= 4 is 18.4 Å². The van der Waals surface area contributed by atoms with Crippen molar-refractivity contribution in [2.24, 2.45) is 0 Å². The summed E-state index contributed by atoms with van der Waals surface area (Å²) in [5.41, 5.74) is 4.62. The fourth-order valence-corrected chi connectivity index (χ4v) is 2.58. The largest absolute Gasteiger partial charge is 0.492 e. The summed E-state index contributed by atoms with van der Waals surface area (Å²) < 4.78 is 5.92. The summed E-state index contributed by atoms with van der Waals surface area (Å²) in [6, 6.07) is 18.4. The highest BCUT2D eigenvalue weighted by molar-refractivity contribution is 7.80. The lowest BCUT2D eigenvalue weighted by Gasteiger charge is -2.22. The van der Waals surface area contributed by atoms with E-state index in [1.165, 1.54) is 12.0 Å². The van der Waals surface area contributed by atoms with Gasteiger partial charge in [-0.25, -0.2) is 0 Å². The van der Waals surface area contributed by atoms with Gasteiger partial charge >= 0.3 is 0 Å². The van der Waals surface area contributed by atoms with Crippen LogP contribution in [0.4, 0.5) is 0 Å². The molecule has 116 valence electrons. The van der Waals surface area contributed by atoms with E-state index in [4.69, 9.17) is 4.74 Å². The highest BCUT2D eigenvalue weighted by Crippen LogP contribution is 2.34. The molecule has 0 atom stereocenters. The lowest BCUT2D eigenvalue weighted by Crippen LogP contribution is -2.06. The topological polar surface area (TPSA) is 9.23 Å². The molecule has 2 aromatic carbocycles. The number of hydrogen-bond donors (Lipinski definition) is 1. The summed E-state index contributed by atoms with van der Waals surface area (Å²) in [4.78, 5) is 0. The highest BCUT2D eigenvalue weighted by atomic mass is 32.1. The van der Waals surface area contributed by atoms with Crippen LogP contribution in [0.15, 0.2) is 60.2 Å². The molecule has 1 saturated carbocycles. The molecular formula is C21H20OS. The maximum Gasteiger partial charge on any atom is 0.125 e. The molecule has 0 radical (unpaired) electrons. The molecule has 0 spiro atoms. The molecule has 2 heteroatoms. The van der Waals surface area contributed by atoms with Gasteiger partial charge in [0.1, 0.15) is 5.76 Å². The van der Waals surface area contributed by atoms with E-state index in [0.29, 0.717) is 6.61 Å². The molecule has 1 fully saturated rings. The molecule has 0 heterocycles. The van der Waals surface area contributed by atoms with E-state index in [0.717, 1.165) is 41.0 Å². The van der Waals surface area contributed by atoms with Gasteiger partial charge in [0.05, 0.1) is 6.61 Å². The quantitative estimate of drug-likeness (QED) is 0.477. The second kappa shape index (κ2) is 7.94. The smallest absolute Gasteiger partial charge is 0.125 e. The number of thiol groups is 1. The Morgan fingerprint density at radius 1 is 0.913 bits per heavy atom. The van der Waals surface area contributed by atoms with Crippen LogP contribution in [0.5, 0.6) is 0 Å². The van der Waals surface area contributed by atoms with Gasteiger partial charge in [-0.2, -0.15) is 12.6 Å². The third-order valence-electron chi connectivity index (χ3n) is 3.89. The van der Waals surface area contributed by atoms with E-state index in [1.807, 2.05) is 30.3 Å². The lowest BCUT2D eigenvalue weighted by molar-refractivity contribution is 0.294. The van der Waals surface area contributed by atoms with Crippen LogP contribution < -0.4 is 0 Å². The minimum Gasteiger partial charge on any atom is -0.492 e. The van der Waals surface area contributed by atoms with E-state index < -0.39 is 0 Å². The predicted molar refractivity (Wildman–Crippen MR) is 99.4 cm³/mol. The second-order valence-corrected chi connectivity index (χ2v) is 6.00. The first-order chi connectivity index (χ1) is 11.4. The predicted octanol–water partition coefficient (Wildman–Crippen LogP) is 4.93. The molecule has 0 aromatic heterocycles. The first kappa shape index (κ1) is 15.8. The van der Waals surface area contributed by atoms with Gasteiger partial charge in [0.2, 0.25) is 0 Å². The zero-order valence-electron chi connectivity index (χ0n) is 13.1. The van der Waals surface area contributed by atoms with Crippen LogP contribution in [0.25, 0.3) is 5.76 Å². The molecule has 0 aliphatic heterocycles. The average molecular weight is 320 g/mol. The molecular weight excluding hydrogens is 300 g/mol. The van der Waals surface area contributed by atoms with Crippen molar-refractivity contribution in [1.29, 1.82) is 0 Å². The van der Waals surface area contributed by atoms with Gasteiger partial charge in [0.15, 0.2) is 0 Å². The normalized spacial score (nSPS) is 12.8. The number of allylic oxidation sites excluding steroid dienone is 1. The summed E-state index contributed by atoms with van der Waals surface area (Å²) in [5, 5.41) is 0. The summed E-state index contributed by atoms with van der Waals surface area (Å²) in [6.07, 6.45) is 3.57. The molecule has 0 N–H and O–H groups in total. The van der Waals surface area contributed by atoms with Crippen LogP contribution in [0.2, 0.25) is 0 Å². The van der Waals surface area contributed by atoms with E-state index in [2.05, 4.69) is 48.7 Å². The van der Waals surface area contributed by atoms with Crippen LogP contribution in [0.3, 0.4) is 0 Å². The van der Waals surface area contributed by atoms with Gasteiger partial charge in [-0.3, -0.25) is 0 Å². The van der Waals surface area contributed by atoms with Crippen LogP contribution in [0, 0.1) is 11.8 Å². The van der Waals surface area contributed by atoms with Crippen molar-refractivity contribution in [2.75, 3.05) is 12.4 Å². The van der Waals surface area contributed by atoms with Crippen molar-refractivity contribution in [3.05, 3.63) is 76.9 Å². The lowest BCUT2D eigenvalue weighted by atomic mass is 9.89. The number of benzene rings is 2. The molecule has 23 heavy (non-hydrogen) atoms. The minimum atomic E-state index is 0.650. The Morgan fingerprint density at radius 3 is 2.13 bits per heavy atom. The zero-order valence-corrected chi connectivity index (χ0v) is 14.0. The number of rotatable bonds is 4. The third kappa shape index (κ3) is 4.21. The van der Waals surface area contributed by atoms with Gasteiger partial charge < -0.3 is 4.74 Å². The van der Waals surface area contributed by atoms with Gasteiger partial charge in [0.25, 0.3) is 0 Å². The van der Waals surface area contributed by atoms with Gasteiger partial charge in [0, 0.05) is 22.4 Å². The minimum absolute atomic E-state index is 0.650. The second-order valence-electron chi connectivity index (χ2n) is 5.55. The molecule has 0 saturated heterocycles. The molecule has 0 unspecified atom stereocenters. The van der Waals surface area contributed by atoms with E-state index in [-0.39, 0.29) is 0 Å². The molecule has 0 amide bonds. The van der Waals surface area contributed by atoms with Crippen LogP contribution in [0.1, 0.15) is 36.0 Å². The molecule has 1 nitrogen and oxygen atoms in total. The number of ether oxygens (including phenoxy) is 1. The Morgan fingerprint density at radius 2 is 1.57 bits per heavy atom. The van der Waals surface area contributed by atoms with Crippen molar-refractivity contribution in [3.63, 3.8) is 0 Å². The van der Waals surface area contributed by atoms with Crippen LogP contribution >= 0.6 is 12.6 Å². The van der Waals surface area contributed by atoms with Crippen LogP contribution in [-0.2, 0) is 4.74 Å². The first-order valence-electron chi connectivity index (χ1n) is 8.00. The zero-order chi connectivity index (χ0) is 15.9. The van der Waals surface area contributed by atoms with E-state index >= 15 is 0 Å². The fraction of sp³-hybridized carbons (Fsp3) is 0.238. The molecule has 0 bridgehead atoms. The Labute approximate surface area is 143 Å². The summed E-state index contributed by atoms with van der Waals surface area (Å²) in [7, 11) is 0. The summed E-state index contributed by atoms with van der Waals surface area (Å²) >= 11 is 4.24. The molecule has 3 rings (SSSR count).